The maximum Gasteiger partial charge on any atom is 0.0959 e. The van der Waals surface area contributed by atoms with E-state index in [2.05, 4.69) is 10.4 Å². The van der Waals surface area contributed by atoms with Crippen LogP contribution in [0.25, 0.3) is 0 Å². The van der Waals surface area contributed by atoms with E-state index in [4.69, 9.17) is 5.73 Å². The molecule has 0 bridgehead atoms. The first-order valence-electron chi connectivity index (χ1n) is 4.54. The standard InChI is InChI=1S/C9H14N2S/c10-5-4-8-6-12-9(11-8)7-2-1-3-7/h6-7H,1-5,10H2. The van der Waals surface area contributed by atoms with Gasteiger partial charge >= 0.3 is 0 Å². The molecular weight excluding hydrogens is 168 g/mol. The Balaban J connectivity index is 2.02. The summed E-state index contributed by atoms with van der Waals surface area (Å²) in [5.74, 6) is 0.779. The van der Waals surface area contributed by atoms with Gasteiger partial charge in [0.15, 0.2) is 0 Å². The summed E-state index contributed by atoms with van der Waals surface area (Å²) < 4.78 is 0. The van der Waals surface area contributed by atoms with E-state index in [0.717, 1.165) is 12.3 Å². The molecule has 3 heteroatoms. The molecule has 1 heterocycles. The number of nitrogens with zero attached hydrogens (tertiary/aromatic N) is 1. The van der Waals surface area contributed by atoms with E-state index in [-0.39, 0.29) is 0 Å². The van der Waals surface area contributed by atoms with Gasteiger partial charge in [-0.25, -0.2) is 4.98 Å². The zero-order valence-electron chi connectivity index (χ0n) is 7.12. The molecule has 2 nitrogen and oxygen atoms in total. The number of thiazole rings is 1. The average molecular weight is 182 g/mol. The van der Waals surface area contributed by atoms with Gasteiger partial charge in [0.25, 0.3) is 0 Å². The molecule has 0 amide bonds. The van der Waals surface area contributed by atoms with E-state index in [0.29, 0.717) is 6.54 Å². The van der Waals surface area contributed by atoms with Gasteiger partial charge in [-0.1, -0.05) is 6.42 Å². The molecule has 2 N–H and O–H groups in total. The predicted octanol–water partition coefficient (Wildman–Crippen LogP) is 1.91. The lowest BCUT2D eigenvalue weighted by Gasteiger charge is -2.22. The molecule has 0 saturated heterocycles. The van der Waals surface area contributed by atoms with Crippen LogP contribution < -0.4 is 5.73 Å². The first-order valence-corrected chi connectivity index (χ1v) is 5.42. The highest BCUT2D eigenvalue weighted by molar-refractivity contribution is 7.09. The minimum atomic E-state index is 0.716. The fraction of sp³-hybridized carbons (Fsp3) is 0.667. The number of hydrogen-bond donors (Lipinski definition) is 1. The quantitative estimate of drug-likeness (QED) is 0.775. The third kappa shape index (κ3) is 1.52. The highest BCUT2D eigenvalue weighted by Crippen LogP contribution is 2.37. The lowest BCUT2D eigenvalue weighted by Crippen LogP contribution is -2.09. The lowest BCUT2D eigenvalue weighted by atomic mass is 9.86. The first-order chi connectivity index (χ1) is 5.90. The molecule has 0 unspecified atom stereocenters. The van der Waals surface area contributed by atoms with Crippen LogP contribution in [-0.2, 0) is 6.42 Å². The molecule has 66 valence electrons. The molecule has 12 heavy (non-hydrogen) atoms. The number of nitrogens with two attached hydrogens (primary N) is 1. The van der Waals surface area contributed by atoms with Crippen molar-refractivity contribution in [3.8, 4) is 0 Å². The summed E-state index contributed by atoms with van der Waals surface area (Å²) in [6.07, 6.45) is 5.00. The second kappa shape index (κ2) is 3.54. The molecule has 0 aliphatic heterocycles. The minimum Gasteiger partial charge on any atom is -0.330 e. The van der Waals surface area contributed by atoms with Crippen molar-refractivity contribution in [3.05, 3.63) is 16.1 Å². The average Bonchev–Trinajstić information content (AvgIpc) is 2.34. The van der Waals surface area contributed by atoms with Crippen LogP contribution in [0.15, 0.2) is 5.38 Å². The van der Waals surface area contributed by atoms with Gasteiger partial charge in [0.1, 0.15) is 0 Å². The molecule has 1 aromatic heterocycles. The molecule has 2 rings (SSSR count). The van der Waals surface area contributed by atoms with Crippen molar-refractivity contribution < 1.29 is 0 Å². The van der Waals surface area contributed by atoms with Gasteiger partial charge < -0.3 is 5.73 Å². The predicted molar refractivity (Wildman–Crippen MR) is 51.5 cm³/mol. The summed E-state index contributed by atoms with van der Waals surface area (Å²) in [4.78, 5) is 4.56. The van der Waals surface area contributed by atoms with E-state index < -0.39 is 0 Å². The van der Waals surface area contributed by atoms with Crippen LogP contribution in [0.3, 0.4) is 0 Å². The Labute approximate surface area is 76.8 Å². The van der Waals surface area contributed by atoms with Crippen molar-refractivity contribution in [1.29, 1.82) is 0 Å². The fourth-order valence-corrected chi connectivity index (χ4v) is 2.45. The molecule has 1 aliphatic carbocycles. The van der Waals surface area contributed by atoms with E-state index in [1.54, 1.807) is 11.3 Å². The Bertz CT molecular complexity index is 253. The van der Waals surface area contributed by atoms with Crippen LogP contribution in [0.2, 0.25) is 0 Å². The van der Waals surface area contributed by atoms with E-state index in [1.807, 2.05) is 0 Å². The van der Waals surface area contributed by atoms with Crippen molar-refractivity contribution in [2.75, 3.05) is 6.54 Å². The number of hydrogen-bond acceptors (Lipinski definition) is 3. The van der Waals surface area contributed by atoms with E-state index in [9.17, 15) is 0 Å². The first kappa shape index (κ1) is 8.20. The SMILES string of the molecule is NCCc1csc(C2CCC2)n1. The zero-order chi connectivity index (χ0) is 8.39. The van der Waals surface area contributed by atoms with Crippen molar-refractivity contribution in [1.82, 2.24) is 4.98 Å². The Morgan fingerprint density at radius 2 is 2.42 bits per heavy atom. The molecule has 0 radical (unpaired) electrons. The van der Waals surface area contributed by atoms with Crippen molar-refractivity contribution >= 4 is 11.3 Å². The van der Waals surface area contributed by atoms with Gasteiger partial charge in [-0.05, 0) is 19.4 Å². The Kier molecular flexibility index (Phi) is 2.42. The maximum atomic E-state index is 5.46. The second-order valence-corrected chi connectivity index (χ2v) is 4.23. The fourth-order valence-electron chi connectivity index (χ4n) is 1.43. The second-order valence-electron chi connectivity index (χ2n) is 3.34. The molecule has 1 aromatic rings. The summed E-state index contributed by atoms with van der Waals surface area (Å²) >= 11 is 1.81. The van der Waals surface area contributed by atoms with Gasteiger partial charge in [0.2, 0.25) is 0 Å². The summed E-state index contributed by atoms with van der Waals surface area (Å²) in [6.45, 7) is 0.716. The molecule has 0 spiro atoms. The van der Waals surface area contributed by atoms with E-state index in [1.165, 1.54) is 30.0 Å². The van der Waals surface area contributed by atoms with Crippen LogP contribution in [0.5, 0.6) is 0 Å². The van der Waals surface area contributed by atoms with Crippen molar-refractivity contribution in [2.45, 2.75) is 31.6 Å². The van der Waals surface area contributed by atoms with Gasteiger partial charge in [0, 0.05) is 17.7 Å². The highest BCUT2D eigenvalue weighted by atomic mass is 32.1. The third-order valence-electron chi connectivity index (χ3n) is 2.42. The highest BCUT2D eigenvalue weighted by Gasteiger charge is 2.22. The summed E-state index contributed by atoms with van der Waals surface area (Å²) in [5.41, 5.74) is 6.64. The molecular formula is C9H14N2S. The lowest BCUT2D eigenvalue weighted by molar-refractivity contribution is 0.417. The van der Waals surface area contributed by atoms with Gasteiger partial charge in [-0.2, -0.15) is 0 Å². The van der Waals surface area contributed by atoms with E-state index >= 15 is 0 Å². The summed E-state index contributed by atoms with van der Waals surface area (Å²) in [7, 11) is 0. The van der Waals surface area contributed by atoms with Crippen LogP contribution >= 0.6 is 11.3 Å². The topological polar surface area (TPSA) is 38.9 Å². The number of aromatic nitrogens is 1. The van der Waals surface area contributed by atoms with Gasteiger partial charge in [-0.3, -0.25) is 0 Å². The maximum absolute atomic E-state index is 5.46. The largest absolute Gasteiger partial charge is 0.330 e. The van der Waals surface area contributed by atoms with Crippen molar-refractivity contribution in [2.24, 2.45) is 5.73 Å². The monoisotopic (exact) mass is 182 g/mol. The van der Waals surface area contributed by atoms with Gasteiger partial charge in [0.05, 0.1) is 10.7 Å². The van der Waals surface area contributed by atoms with Crippen LogP contribution in [-0.4, -0.2) is 11.5 Å². The van der Waals surface area contributed by atoms with Crippen LogP contribution in [0.1, 0.15) is 35.9 Å². The summed E-state index contributed by atoms with van der Waals surface area (Å²) in [5, 5.41) is 3.49. The molecule has 1 aliphatic rings. The third-order valence-corrected chi connectivity index (χ3v) is 3.48. The van der Waals surface area contributed by atoms with Crippen LogP contribution in [0.4, 0.5) is 0 Å². The Hall–Kier alpha value is -0.410. The van der Waals surface area contributed by atoms with Crippen LogP contribution in [0, 0.1) is 0 Å². The smallest absolute Gasteiger partial charge is 0.0959 e. The molecule has 0 atom stereocenters. The molecule has 1 saturated carbocycles. The Morgan fingerprint density at radius 1 is 1.58 bits per heavy atom. The Morgan fingerprint density at radius 3 is 3.00 bits per heavy atom. The number of rotatable bonds is 3. The minimum absolute atomic E-state index is 0.716. The van der Waals surface area contributed by atoms with Gasteiger partial charge in [-0.15, -0.1) is 11.3 Å². The molecule has 0 aromatic carbocycles. The molecule has 1 fully saturated rings. The normalized spacial score (nSPS) is 17.8. The van der Waals surface area contributed by atoms with Crippen molar-refractivity contribution in [3.63, 3.8) is 0 Å². The zero-order valence-corrected chi connectivity index (χ0v) is 7.94. The summed E-state index contributed by atoms with van der Waals surface area (Å²) in [6, 6.07) is 0.